The van der Waals surface area contributed by atoms with Crippen molar-refractivity contribution in [2.45, 2.75) is 12.8 Å². The fourth-order valence-corrected chi connectivity index (χ4v) is 1.21. The molecule has 1 nitrogen and oxygen atoms in total. The quantitative estimate of drug-likeness (QED) is 0.606. The molecular formula is C9H9ClF3N. The molecule has 1 atom stereocenters. The molecule has 0 aliphatic rings. The Morgan fingerprint density at radius 3 is 2.43 bits per heavy atom. The van der Waals surface area contributed by atoms with E-state index in [1.54, 1.807) is 6.92 Å². The van der Waals surface area contributed by atoms with Crippen molar-refractivity contribution in [2.24, 2.45) is 5.73 Å². The van der Waals surface area contributed by atoms with Crippen LogP contribution in [0.25, 0.3) is 0 Å². The number of rotatable bonds is 2. The maximum atomic E-state index is 13.2. The van der Waals surface area contributed by atoms with Gasteiger partial charge >= 0.3 is 0 Å². The van der Waals surface area contributed by atoms with Gasteiger partial charge in [0.1, 0.15) is 10.8 Å². The van der Waals surface area contributed by atoms with Crippen molar-refractivity contribution in [2.75, 3.05) is 6.54 Å². The summed E-state index contributed by atoms with van der Waals surface area (Å²) in [5.41, 5.74) is 5.18. The Morgan fingerprint density at radius 1 is 1.36 bits per heavy atom. The second-order valence-electron chi connectivity index (χ2n) is 3.03. The van der Waals surface area contributed by atoms with Gasteiger partial charge in [-0.05, 0) is 24.1 Å². The largest absolute Gasteiger partial charge is 0.330 e. The summed E-state index contributed by atoms with van der Waals surface area (Å²) in [6.45, 7) is 1.68. The monoisotopic (exact) mass is 223 g/mol. The normalized spacial score (nSPS) is 13.0. The van der Waals surface area contributed by atoms with Crippen LogP contribution < -0.4 is 5.73 Å². The summed E-state index contributed by atoms with van der Waals surface area (Å²) in [4.78, 5) is 0. The van der Waals surface area contributed by atoms with Gasteiger partial charge in [0.2, 0.25) is 0 Å². The molecule has 2 N–H and O–H groups in total. The first kappa shape index (κ1) is 11.3. The Labute approximate surface area is 84.7 Å². The van der Waals surface area contributed by atoms with E-state index in [4.69, 9.17) is 17.3 Å². The molecule has 0 saturated heterocycles. The maximum absolute atomic E-state index is 13.2. The first-order chi connectivity index (χ1) is 6.49. The Hall–Kier alpha value is -0.740. The van der Waals surface area contributed by atoms with E-state index in [0.29, 0.717) is 0 Å². The summed E-state index contributed by atoms with van der Waals surface area (Å²) in [5, 5.41) is -0.824. The Bertz CT molecular complexity index is 354. The van der Waals surface area contributed by atoms with Crippen LogP contribution in [0.4, 0.5) is 13.2 Å². The highest BCUT2D eigenvalue weighted by Crippen LogP contribution is 2.28. The second-order valence-corrected chi connectivity index (χ2v) is 3.40. The SMILES string of the molecule is CC(CN)c1cc(F)c(Cl)c(F)c1F. The standard InChI is InChI=1S/C9H9ClF3N/c1-4(3-14)5-2-6(11)7(10)9(13)8(5)12/h2,4H,3,14H2,1H3. The van der Waals surface area contributed by atoms with Gasteiger partial charge in [0.15, 0.2) is 11.6 Å². The third-order valence-electron chi connectivity index (χ3n) is 2.02. The molecule has 5 heteroatoms. The second kappa shape index (κ2) is 4.19. The van der Waals surface area contributed by atoms with Gasteiger partial charge in [-0.3, -0.25) is 0 Å². The summed E-state index contributed by atoms with van der Waals surface area (Å²) < 4.78 is 39.1. The Balaban J connectivity index is 3.33. The van der Waals surface area contributed by atoms with Gasteiger partial charge in [-0.25, -0.2) is 13.2 Å². The molecule has 0 saturated carbocycles. The molecule has 78 valence electrons. The van der Waals surface area contributed by atoms with Crippen molar-refractivity contribution in [1.29, 1.82) is 0 Å². The third kappa shape index (κ3) is 1.86. The van der Waals surface area contributed by atoms with Crippen molar-refractivity contribution in [3.8, 4) is 0 Å². The molecule has 1 unspecified atom stereocenters. The molecule has 0 amide bonds. The zero-order chi connectivity index (χ0) is 10.9. The van der Waals surface area contributed by atoms with Crippen LogP contribution >= 0.6 is 11.6 Å². The summed E-state index contributed by atoms with van der Waals surface area (Å²) in [6, 6.07) is 0.873. The van der Waals surface area contributed by atoms with Gasteiger partial charge in [0.05, 0.1) is 0 Å². The van der Waals surface area contributed by atoms with E-state index in [0.717, 1.165) is 6.07 Å². The zero-order valence-electron chi connectivity index (χ0n) is 7.45. The van der Waals surface area contributed by atoms with E-state index in [2.05, 4.69) is 0 Å². The summed E-state index contributed by atoms with van der Waals surface area (Å²) in [5.74, 6) is -3.91. The van der Waals surface area contributed by atoms with Gasteiger partial charge < -0.3 is 5.73 Å². The number of nitrogens with two attached hydrogens (primary N) is 1. The van der Waals surface area contributed by atoms with Gasteiger partial charge in [-0.2, -0.15) is 0 Å². The minimum atomic E-state index is -1.36. The fourth-order valence-electron chi connectivity index (χ4n) is 1.08. The molecule has 0 heterocycles. The fraction of sp³-hybridized carbons (Fsp3) is 0.333. The van der Waals surface area contributed by atoms with Gasteiger partial charge in [-0.1, -0.05) is 18.5 Å². The van der Waals surface area contributed by atoms with E-state index in [-0.39, 0.29) is 12.1 Å². The Morgan fingerprint density at radius 2 is 1.93 bits per heavy atom. The number of halogens is 4. The lowest BCUT2D eigenvalue weighted by atomic mass is 10.0. The van der Waals surface area contributed by atoms with Crippen LogP contribution in [0.5, 0.6) is 0 Å². The van der Waals surface area contributed by atoms with Crippen molar-refractivity contribution >= 4 is 11.6 Å². The predicted octanol–water partition coefficient (Wildman–Crippen LogP) is 2.82. The average Bonchev–Trinajstić information content (AvgIpc) is 2.19. The van der Waals surface area contributed by atoms with Crippen molar-refractivity contribution in [3.05, 3.63) is 34.1 Å². The van der Waals surface area contributed by atoms with Crippen molar-refractivity contribution in [1.82, 2.24) is 0 Å². The molecular weight excluding hydrogens is 215 g/mol. The zero-order valence-corrected chi connectivity index (χ0v) is 8.21. The van der Waals surface area contributed by atoms with Gasteiger partial charge in [0.25, 0.3) is 0 Å². The van der Waals surface area contributed by atoms with E-state index in [9.17, 15) is 13.2 Å². The first-order valence-corrected chi connectivity index (χ1v) is 4.39. The number of hydrogen-bond donors (Lipinski definition) is 1. The lowest BCUT2D eigenvalue weighted by Crippen LogP contribution is -2.12. The molecule has 0 fully saturated rings. The van der Waals surface area contributed by atoms with Crippen LogP contribution in [-0.4, -0.2) is 6.54 Å². The van der Waals surface area contributed by atoms with Crippen LogP contribution in [0, 0.1) is 17.5 Å². The van der Waals surface area contributed by atoms with E-state index >= 15 is 0 Å². The average molecular weight is 224 g/mol. The Kier molecular flexibility index (Phi) is 3.39. The molecule has 0 aliphatic carbocycles. The van der Waals surface area contributed by atoms with Crippen LogP contribution in [0.3, 0.4) is 0 Å². The predicted molar refractivity (Wildman–Crippen MR) is 48.8 cm³/mol. The van der Waals surface area contributed by atoms with Crippen LogP contribution in [-0.2, 0) is 0 Å². The molecule has 0 radical (unpaired) electrons. The van der Waals surface area contributed by atoms with E-state index in [1.165, 1.54) is 0 Å². The summed E-state index contributed by atoms with van der Waals surface area (Å²) in [6.07, 6.45) is 0. The molecule has 1 rings (SSSR count). The molecule has 0 bridgehead atoms. The molecule has 1 aromatic carbocycles. The van der Waals surface area contributed by atoms with E-state index in [1.807, 2.05) is 0 Å². The maximum Gasteiger partial charge on any atom is 0.180 e. The highest BCUT2D eigenvalue weighted by Gasteiger charge is 2.19. The first-order valence-electron chi connectivity index (χ1n) is 4.02. The smallest absolute Gasteiger partial charge is 0.180 e. The minimum Gasteiger partial charge on any atom is -0.330 e. The van der Waals surface area contributed by atoms with Gasteiger partial charge in [-0.15, -0.1) is 0 Å². The molecule has 0 spiro atoms. The van der Waals surface area contributed by atoms with Gasteiger partial charge in [0, 0.05) is 0 Å². The number of benzene rings is 1. The molecule has 14 heavy (non-hydrogen) atoms. The molecule has 1 aromatic rings. The van der Waals surface area contributed by atoms with E-state index < -0.39 is 28.4 Å². The lowest BCUT2D eigenvalue weighted by molar-refractivity contribution is 0.478. The summed E-state index contributed by atoms with van der Waals surface area (Å²) >= 11 is 5.18. The van der Waals surface area contributed by atoms with Crippen LogP contribution in [0.1, 0.15) is 18.4 Å². The number of hydrogen-bond acceptors (Lipinski definition) is 1. The third-order valence-corrected chi connectivity index (χ3v) is 2.36. The highest BCUT2D eigenvalue weighted by atomic mass is 35.5. The lowest BCUT2D eigenvalue weighted by Gasteiger charge is -2.11. The highest BCUT2D eigenvalue weighted by molar-refractivity contribution is 6.30. The van der Waals surface area contributed by atoms with Crippen molar-refractivity contribution < 1.29 is 13.2 Å². The van der Waals surface area contributed by atoms with Crippen LogP contribution in [0.2, 0.25) is 5.02 Å². The molecule has 0 aromatic heterocycles. The topological polar surface area (TPSA) is 26.0 Å². The van der Waals surface area contributed by atoms with Crippen LogP contribution in [0.15, 0.2) is 6.07 Å². The van der Waals surface area contributed by atoms with Crippen molar-refractivity contribution in [3.63, 3.8) is 0 Å². The minimum absolute atomic E-state index is 0.0908. The molecule has 0 aliphatic heterocycles. The summed E-state index contributed by atoms with van der Waals surface area (Å²) in [7, 11) is 0.